The van der Waals surface area contributed by atoms with E-state index < -0.39 is 33.4 Å². The number of rotatable bonds is 5. The minimum atomic E-state index is -0.643. The predicted molar refractivity (Wildman–Crippen MR) is 98.3 cm³/mol. The minimum absolute atomic E-state index is 0.0736. The molecule has 28 heavy (non-hydrogen) atoms. The SMILES string of the molecule is C=CC=N[I-][C@@H](C)OC(=O)N1CCN(C(=O)c2cc3cccc(F)c3o2)CC1. The number of amides is 2. The van der Waals surface area contributed by atoms with E-state index in [1.165, 1.54) is 12.1 Å². The van der Waals surface area contributed by atoms with Crippen LogP contribution in [0.25, 0.3) is 11.0 Å². The summed E-state index contributed by atoms with van der Waals surface area (Å²) in [6.07, 6.45) is 2.78. The maximum atomic E-state index is 13.8. The molecular weight excluding hydrogens is 480 g/mol. The molecule has 1 saturated heterocycles. The second-order valence-electron chi connectivity index (χ2n) is 6.05. The molecule has 150 valence electrons. The summed E-state index contributed by atoms with van der Waals surface area (Å²) in [6, 6.07) is 6.08. The Morgan fingerprint density at radius 1 is 1.32 bits per heavy atom. The van der Waals surface area contributed by atoms with Gasteiger partial charge in [0.15, 0.2) is 0 Å². The second-order valence-corrected chi connectivity index (χ2v) is 8.92. The molecule has 1 aliphatic rings. The van der Waals surface area contributed by atoms with E-state index in [0.29, 0.717) is 31.6 Å². The van der Waals surface area contributed by atoms with Gasteiger partial charge in [-0.15, -0.1) is 0 Å². The van der Waals surface area contributed by atoms with Gasteiger partial charge in [0.25, 0.3) is 0 Å². The van der Waals surface area contributed by atoms with Gasteiger partial charge in [-0.2, -0.15) is 0 Å². The van der Waals surface area contributed by atoms with Gasteiger partial charge in [-0.1, -0.05) is 6.07 Å². The number of carbonyl (C=O) groups is 2. The van der Waals surface area contributed by atoms with Crippen LogP contribution < -0.4 is 21.5 Å². The van der Waals surface area contributed by atoms with Crippen molar-refractivity contribution in [3.05, 3.63) is 48.5 Å². The van der Waals surface area contributed by atoms with Gasteiger partial charge in [0, 0.05) is 0 Å². The van der Waals surface area contributed by atoms with Gasteiger partial charge in [-0.05, 0) is 6.07 Å². The third-order valence-electron chi connectivity index (χ3n) is 4.15. The molecule has 7 nitrogen and oxygen atoms in total. The van der Waals surface area contributed by atoms with E-state index in [4.69, 9.17) is 9.15 Å². The Balaban J connectivity index is 1.54. The molecule has 2 heterocycles. The van der Waals surface area contributed by atoms with Crippen LogP contribution in [0.3, 0.4) is 0 Å². The van der Waals surface area contributed by atoms with E-state index in [2.05, 4.69) is 9.78 Å². The van der Waals surface area contributed by atoms with E-state index in [1.807, 2.05) is 6.92 Å². The molecule has 2 aromatic rings. The van der Waals surface area contributed by atoms with Crippen LogP contribution >= 0.6 is 0 Å². The zero-order valence-corrected chi connectivity index (χ0v) is 17.5. The zero-order chi connectivity index (χ0) is 20.1. The molecular formula is C19H20FIN3O4-. The molecule has 0 spiro atoms. The Labute approximate surface area is 172 Å². The molecule has 1 aromatic heterocycles. The average molecular weight is 500 g/mol. The number of fused-ring (bicyclic) bond motifs is 1. The number of hydrogen-bond donors (Lipinski definition) is 0. The first-order valence-electron chi connectivity index (χ1n) is 8.69. The third kappa shape index (κ3) is 4.70. The average Bonchev–Trinajstić information content (AvgIpc) is 3.13. The van der Waals surface area contributed by atoms with Gasteiger partial charge >= 0.3 is 156 Å². The number of furan rings is 1. The molecule has 3 rings (SSSR count). The molecule has 0 unspecified atom stereocenters. The molecule has 1 aliphatic heterocycles. The Morgan fingerprint density at radius 3 is 2.71 bits per heavy atom. The van der Waals surface area contributed by atoms with Gasteiger partial charge in [0.1, 0.15) is 0 Å². The number of ether oxygens (including phenoxy) is 1. The van der Waals surface area contributed by atoms with Crippen molar-refractivity contribution in [2.24, 2.45) is 3.21 Å². The summed E-state index contributed by atoms with van der Waals surface area (Å²) < 4.78 is 28.5. The second kappa shape index (κ2) is 9.18. The van der Waals surface area contributed by atoms with Gasteiger partial charge in [-0.3, -0.25) is 0 Å². The van der Waals surface area contributed by atoms with Crippen molar-refractivity contribution in [1.82, 2.24) is 9.80 Å². The summed E-state index contributed by atoms with van der Waals surface area (Å²) in [4.78, 5) is 28.0. The van der Waals surface area contributed by atoms with Crippen LogP contribution in [0.15, 0.2) is 44.5 Å². The van der Waals surface area contributed by atoms with E-state index >= 15 is 0 Å². The first-order valence-corrected chi connectivity index (χ1v) is 10.9. The summed E-state index contributed by atoms with van der Waals surface area (Å²) in [5, 5.41) is 0.543. The van der Waals surface area contributed by atoms with Crippen LogP contribution in [-0.2, 0) is 4.74 Å². The molecule has 0 bridgehead atoms. The molecule has 1 fully saturated rings. The molecule has 0 N–H and O–H groups in total. The standard InChI is InChI=1S/C19H20FIN3O4/c1-3-7-22-21-13(2)27-19(26)24-10-8-23(9-11-24)18(25)16-12-14-5-4-6-15(20)17(14)28-16/h3-7,12-13H,1,8-11H2,2H3/q-1/t13-/m1/s1. The van der Waals surface area contributed by atoms with Crippen LogP contribution in [0.5, 0.6) is 0 Å². The summed E-state index contributed by atoms with van der Waals surface area (Å²) in [7, 11) is 0. The Hall–Kier alpha value is -2.43. The zero-order valence-electron chi connectivity index (χ0n) is 15.3. The fourth-order valence-electron chi connectivity index (χ4n) is 2.77. The number of carbonyl (C=O) groups excluding carboxylic acids is 2. The topological polar surface area (TPSA) is 75.3 Å². The van der Waals surface area contributed by atoms with Crippen LogP contribution in [0, 0.1) is 5.82 Å². The number of para-hydroxylation sites is 1. The third-order valence-corrected chi connectivity index (χ3v) is 5.83. The summed E-state index contributed by atoms with van der Waals surface area (Å²) in [6.45, 7) is 6.79. The van der Waals surface area contributed by atoms with Crippen molar-refractivity contribution in [2.45, 2.75) is 11.0 Å². The number of benzene rings is 1. The Kier molecular flexibility index (Phi) is 6.65. The van der Waals surface area contributed by atoms with Crippen molar-refractivity contribution in [1.29, 1.82) is 0 Å². The van der Waals surface area contributed by atoms with E-state index in [1.54, 1.807) is 34.2 Å². The van der Waals surface area contributed by atoms with E-state index in [9.17, 15) is 14.0 Å². The molecule has 1 atom stereocenters. The fourth-order valence-corrected chi connectivity index (χ4v) is 3.96. The van der Waals surface area contributed by atoms with Crippen LogP contribution in [-0.4, -0.2) is 58.3 Å². The molecule has 0 radical (unpaired) electrons. The quantitative estimate of drug-likeness (QED) is 0.331. The molecule has 2 amide bonds. The van der Waals surface area contributed by atoms with Gasteiger partial charge in [-0.25, -0.2) is 4.39 Å². The van der Waals surface area contributed by atoms with Crippen molar-refractivity contribution < 1.29 is 44.6 Å². The van der Waals surface area contributed by atoms with Gasteiger partial charge in [0.2, 0.25) is 0 Å². The summed E-state index contributed by atoms with van der Waals surface area (Å²) in [5.74, 6) is -0.727. The summed E-state index contributed by atoms with van der Waals surface area (Å²) >= 11 is -0.643. The monoisotopic (exact) mass is 500 g/mol. The van der Waals surface area contributed by atoms with Crippen molar-refractivity contribution >= 4 is 29.2 Å². The van der Waals surface area contributed by atoms with Crippen molar-refractivity contribution in [3.8, 4) is 0 Å². The first-order chi connectivity index (χ1) is 13.5. The number of allylic oxidation sites excluding steroid dienone is 1. The van der Waals surface area contributed by atoms with Crippen molar-refractivity contribution in [3.63, 3.8) is 0 Å². The normalized spacial score (nSPS) is 15.9. The van der Waals surface area contributed by atoms with E-state index in [0.717, 1.165) is 0 Å². The number of halogens is 2. The molecule has 0 aliphatic carbocycles. The number of nitrogens with zero attached hydrogens (tertiary/aromatic N) is 3. The van der Waals surface area contributed by atoms with Gasteiger partial charge in [0.05, 0.1) is 0 Å². The molecule has 9 heteroatoms. The van der Waals surface area contributed by atoms with Crippen LogP contribution in [0.1, 0.15) is 17.5 Å². The van der Waals surface area contributed by atoms with Crippen LogP contribution in [0.2, 0.25) is 0 Å². The maximum absolute atomic E-state index is 13.8. The Bertz CT molecular complexity index is 906. The van der Waals surface area contributed by atoms with Gasteiger partial charge < -0.3 is 0 Å². The molecule has 0 saturated carbocycles. The first kappa shape index (κ1) is 20.3. The Morgan fingerprint density at radius 2 is 2.04 bits per heavy atom. The number of hydrogen-bond acceptors (Lipinski definition) is 5. The number of piperazine rings is 1. The summed E-state index contributed by atoms with van der Waals surface area (Å²) in [5.41, 5.74) is 0.0736. The number of alkyl halides is 1. The predicted octanol–water partition coefficient (Wildman–Crippen LogP) is 0.0731. The van der Waals surface area contributed by atoms with Crippen molar-refractivity contribution in [2.75, 3.05) is 26.2 Å². The van der Waals surface area contributed by atoms with Crippen LogP contribution in [0.4, 0.5) is 9.18 Å². The molecule has 1 aromatic carbocycles. The van der Waals surface area contributed by atoms with E-state index in [-0.39, 0.29) is 21.4 Å². The fraction of sp³-hybridized carbons (Fsp3) is 0.316.